The number of hydrogen-bond donors (Lipinski definition) is 2. The second-order valence-electron chi connectivity index (χ2n) is 4.01. The van der Waals surface area contributed by atoms with Crippen LogP contribution in [0.4, 0.5) is 11.5 Å². The molecule has 18 heavy (non-hydrogen) atoms. The summed E-state index contributed by atoms with van der Waals surface area (Å²) in [6.45, 7) is 3.86. The number of aromatic nitrogens is 1. The molecular weight excluding hydrogens is 238 g/mol. The molecule has 0 saturated carbocycles. The lowest BCUT2D eigenvalue weighted by Crippen LogP contribution is -2.30. The van der Waals surface area contributed by atoms with Crippen LogP contribution in [0.15, 0.2) is 17.4 Å². The molecule has 0 atom stereocenters. The summed E-state index contributed by atoms with van der Waals surface area (Å²) in [7, 11) is 1.77. The maximum atomic E-state index is 10.7. The summed E-state index contributed by atoms with van der Waals surface area (Å²) in [4.78, 5) is 15.9. The molecule has 1 aromatic heterocycles. The van der Waals surface area contributed by atoms with Crippen LogP contribution in [0.3, 0.4) is 0 Å². The molecule has 1 heterocycles. The highest BCUT2D eigenvalue weighted by Gasteiger charge is 2.19. The van der Waals surface area contributed by atoms with E-state index in [-0.39, 0.29) is 23.1 Å². The first-order valence-electron chi connectivity index (χ1n) is 5.23. The molecule has 1 rings (SSSR count). The second kappa shape index (κ2) is 5.30. The summed E-state index contributed by atoms with van der Waals surface area (Å²) in [6.07, 6.45) is 1.14. The molecule has 3 N–H and O–H groups in total. The maximum absolute atomic E-state index is 10.7. The fourth-order valence-corrected chi connectivity index (χ4v) is 1.31. The van der Waals surface area contributed by atoms with Gasteiger partial charge < -0.3 is 15.8 Å². The van der Waals surface area contributed by atoms with Crippen LogP contribution in [0.1, 0.15) is 19.4 Å². The van der Waals surface area contributed by atoms with Gasteiger partial charge in [-0.15, -0.1) is 0 Å². The van der Waals surface area contributed by atoms with Crippen LogP contribution in [0, 0.1) is 10.1 Å². The van der Waals surface area contributed by atoms with E-state index in [1.165, 1.54) is 6.07 Å². The molecule has 0 saturated heterocycles. The zero-order valence-corrected chi connectivity index (χ0v) is 10.4. The number of rotatable bonds is 4. The Balaban J connectivity index is 3.39. The first-order chi connectivity index (χ1) is 8.38. The van der Waals surface area contributed by atoms with Crippen molar-refractivity contribution in [2.45, 2.75) is 19.9 Å². The molecule has 0 spiro atoms. The van der Waals surface area contributed by atoms with Crippen LogP contribution >= 0.6 is 0 Å². The van der Waals surface area contributed by atoms with Crippen molar-refractivity contribution < 1.29 is 10.1 Å². The molecule has 0 fully saturated rings. The molecule has 0 amide bonds. The number of nitrogens with two attached hydrogens (primary N) is 1. The Labute approximate surface area is 104 Å². The third-order valence-corrected chi connectivity index (χ3v) is 2.56. The average molecular weight is 253 g/mol. The van der Waals surface area contributed by atoms with Gasteiger partial charge in [0.15, 0.2) is 5.84 Å². The SMILES string of the molecule is CC(C)N(C)c1ncc([N+](=O)[O-])cc1C(N)=NO. The Hall–Kier alpha value is -2.38. The lowest BCUT2D eigenvalue weighted by atomic mass is 10.2. The lowest BCUT2D eigenvalue weighted by Gasteiger charge is -2.24. The minimum atomic E-state index is -0.583. The molecule has 98 valence electrons. The van der Waals surface area contributed by atoms with Gasteiger partial charge in [-0.1, -0.05) is 5.16 Å². The van der Waals surface area contributed by atoms with Gasteiger partial charge in [0.2, 0.25) is 0 Å². The average Bonchev–Trinajstić information content (AvgIpc) is 2.35. The normalized spacial score (nSPS) is 11.7. The Morgan fingerprint density at radius 3 is 2.72 bits per heavy atom. The summed E-state index contributed by atoms with van der Waals surface area (Å²) in [5, 5.41) is 22.3. The van der Waals surface area contributed by atoms with Gasteiger partial charge in [-0.2, -0.15) is 0 Å². The third-order valence-electron chi connectivity index (χ3n) is 2.56. The smallest absolute Gasteiger partial charge is 0.288 e. The zero-order valence-electron chi connectivity index (χ0n) is 10.4. The monoisotopic (exact) mass is 253 g/mol. The van der Waals surface area contributed by atoms with Crippen LogP contribution in [0.5, 0.6) is 0 Å². The Morgan fingerprint density at radius 2 is 2.28 bits per heavy atom. The van der Waals surface area contributed by atoms with Crippen molar-refractivity contribution in [2.75, 3.05) is 11.9 Å². The van der Waals surface area contributed by atoms with E-state index < -0.39 is 4.92 Å². The number of pyridine rings is 1. The molecule has 0 aliphatic heterocycles. The molecule has 0 unspecified atom stereocenters. The second-order valence-corrected chi connectivity index (χ2v) is 4.01. The molecule has 0 aliphatic carbocycles. The van der Waals surface area contributed by atoms with Crippen molar-refractivity contribution in [3.63, 3.8) is 0 Å². The van der Waals surface area contributed by atoms with Crippen molar-refractivity contribution in [1.29, 1.82) is 0 Å². The van der Waals surface area contributed by atoms with Gasteiger partial charge >= 0.3 is 0 Å². The maximum Gasteiger partial charge on any atom is 0.288 e. The summed E-state index contributed by atoms with van der Waals surface area (Å²) in [5.41, 5.74) is 5.53. The number of hydrogen-bond acceptors (Lipinski definition) is 6. The lowest BCUT2D eigenvalue weighted by molar-refractivity contribution is -0.385. The van der Waals surface area contributed by atoms with Crippen molar-refractivity contribution in [2.24, 2.45) is 10.9 Å². The quantitative estimate of drug-likeness (QED) is 0.271. The van der Waals surface area contributed by atoms with Crippen molar-refractivity contribution >= 4 is 17.3 Å². The van der Waals surface area contributed by atoms with Gasteiger partial charge in [-0.3, -0.25) is 10.1 Å². The number of anilines is 1. The van der Waals surface area contributed by atoms with Gasteiger partial charge in [0.1, 0.15) is 12.0 Å². The van der Waals surface area contributed by atoms with E-state index in [0.717, 1.165) is 6.20 Å². The zero-order chi connectivity index (χ0) is 13.9. The van der Waals surface area contributed by atoms with E-state index in [4.69, 9.17) is 10.9 Å². The minimum Gasteiger partial charge on any atom is -0.409 e. The van der Waals surface area contributed by atoms with Gasteiger partial charge in [0.05, 0.1) is 10.5 Å². The highest BCUT2D eigenvalue weighted by Crippen LogP contribution is 2.22. The van der Waals surface area contributed by atoms with E-state index in [1.807, 2.05) is 13.8 Å². The molecule has 8 heteroatoms. The number of nitrogens with zero attached hydrogens (tertiary/aromatic N) is 4. The fraction of sp³-hybridized carbons (Fsp3) is 0.400. The number of amidine groups is 1. The highest BCUT2D eigenvalue weighted by atomic mass is 16.6. The number of nitro groups is 1. The third kappa shape index (κ3) is 2.65. The summed E-state index contributed by atoms with van der Waals surface area (Å²) >= 11 is 0. The molecule has 0 radical (unpaired) electrons. The summed E-state index contributed by atoms with van der Waals surface area (Å²) < 4.78 is 0. The van der Waals surface area contributed by atoms with Crippen LogP contribution in [0.25, 0.3) is 0 Å². The van der Waals surface area contributed by atoms with Crippen LogP contribution in [0.2, 0.25) is 0 Å². The summed E-state index contributed by atoms with van der Waals surface area (Å²) in [6, 6.07) is 1.35. The Bertz CT molecular complexity index is 486. The topological polar surface area (TPSA) is 118 Å². The molecule has 0 aliphatic rings. The van der Waals surface area contributed by atoms with Crippen molar-refractivity contribution in [3.05, 3.63) is 27.9 Å². The Kier molecular flexibility index (Phi) is 4.03. The van der Waals surface area contributed by atoms with Gasteiger partial charge in [0.25, 0.3) is 5.69 Å². The van der Waals surface area contributed by atoms with Gasteiger partial charge in [-0.05, 0) is 13.8 Å². The van der Waals surface area contributed by atoms with E-state index in [2.05, 4.69) is 10.1 Å². The molecular formula is C10H15N5O3. The standard InChI is InChI=1S/C10H15N5O3/c1-6(2)14(3)10-8(9(11)13-16)4-7(5-12-10)15(17)18/h4-6,16H,1-3H3,(H2,11,13). The van der Waals surface area contributed by atoms with Gasteiger partial charge in [0, 0.05) is 19.2 Å². The molecule has 1 aromatic rings. The van der Waals surface area contributed by atoms with Crippen LogP contribution in [-0.2, 0) is 0 Å². The largest absolute Gasteiger partial charge is 0.409 e. The predicted molar refractivity (Wildman–Crippen MR) is 66.9 cm³/mol. The van der Waals surface area contributed by atoms with Crippen LogP contribution in [-0.4, -0.2) is 34.0 Å². The van der Waals surface area contributed by atoms with E-state index in [1.54, 1.807) is 11.9 Å². The highest BCUT2D eigenvalue weighted by molar-refractivity contribution is 6.01. The van der Waals surface area contributed by atoms with Crippen molar-refractivity contribution in [1.82, 2.24) is 4.98 Å². The molecule has 8 nitrogen and oxygen atoms in total. The predicted octanol–water partition coefficient (Wildman–Crippen LogP) is 0.929. The molecule has 0 bridgehead atoms. The summed E-state index contributed by atoms with van der Waals surface area (Å²) in [5.74, 6) is 0.208. The molecule has 0 aromatic carbocycles. The van der Waals surface area contributed by atoms with Crippen molar-refractivity contribution in [3.8, 4) is 0 Å². The van der Waals surface area contributed by atoms with Gasteiger partial charge in [-0.25, -0.2) is 4.98 Å². The first kappa shape index (κ1) is 13.7. The Morgan fingerprint density at radius 1 is 1.67 bits per heavy atom. The minimum absolute atomic E-state index is 0.115. The first-order valence-corrected chi connectivity index (χ1v) is 5.23. The van der Waals surface area contributed by atoms with E-state index >= 15 is 0 Å². The number of oxime groups is 1. The van der Waals surface area contributed by atoms with E-state index in [0.29, 0.717) is 5.82 Å². The van der Waals surface area contributed by atoms with Crippen LogP contribution < -0.4 is 10.6 Å². The van der Waals surface area contributed by atoms with E-state index in [9.17, 15) is 10.1 Å². The fourth-order valence-electron chi connectivity index (χ4n) is 1.31.